The highest BCUT2D eigenvalue weighted by molar-refractivity contribution is 7.93. The topological polar surface area (TPSA) is 108 Å². The van der Waals surface area contributed by atoms with E-state index in [9.17, 15) is 13.2 Å². The number of carbonyl (C=O) groups is 1. The van der Waals surface area contributed by atoms with Crippen molar-refractivity contribution in [1.82, 2.24) is 0 Å². The van der Waals surface area contributed by atoms with E-state index in [0.717, 1.165) is 18.5 Å². The molecule has 0 aromatic heterocycles. The minimum atomic E-state index is -3.66. The van der Waals surface area contributed by atoms with Gasteiger partial charge in [0.25, 0.3) is 0 Å². The lowest BCUT2D eigenvalue weighted by atomic mass is 10.1. The molecule has 1 unspecified atom stereocenters. The second-order valence-electron chi connectivity index (χ2n) is 2.80. The van der Waals surface area contributed by atoms with Gasteiger partial charge in [-0.3, -0.25) is 4.99 Å². The van der Waals surface area contributed by atoms with E-state index in [1.54, 1.807) is 0 Å². The number of nitrogens with one attached hydrogen (secondary N) is 1. The summed E-state index contributed by atoms with van der Waals surface area (Å²) in [5, 5.41) is 14.5. The molecule has 1 atom stereocenters. The predicted molar refractivity (Wildman–Crippen MR) is 50.6 cm³/mol. The first kappa shape index (κ1) is 10.6. The van der Waals surface area contributed by atoms with Crippen molar-refractivity contribution in [1.29, 1.82) is 5.41 Å². The highest BCUT2D eigenvalue weighted by Crippen LogP contribution is 2.10. The van der Waals surface area contributed by atoms with Crippen LogP contribution in [-0.4, -0.2) is 42.4 Å². The van der Waals surface area contributed by atoms with Gasteiger partial charge in [0.2, 0.25) is 0 Å². The first-order valence-electron chi connectivity index (χ1n) is 3.59. The first-order valence-corrected chi connectivity index (χ1v) is 5.54. The molecule has 0 bridgehead atoms. The van der Waals surface area contributed by atoms with Crippen molar-refractivity contribution in [2.75, 3.05) is 6.26 Å². The van der Waals surface area contributed by atoms with E-state index in [1.807, 2.05) is 0 Å². The Balaban J connectivity index is 3.27. The average Bonchev–Trinajstić information content (AvgIpc) is 2.01. The number of sulfone groups is 1. The third-order valence-electron chi connectivity index (χ3n) is 1.65. The maximum Gasteiger partial charge on any atom is 0.352 e. The van der Waals surface area contributed by atoms with Gasteiger partial charge in [0, 0.05) is 12.5 Å². The Kier molecular flexibility index (Phi) is 2.52. The zero-order chi connectivity index (χ0) is 10.9. The smallest absolute Gasteiger partial charge is 0.352 e. The van der Waals surface area contributed by atoms with Crippen LogP contribution in [0.2, 0.25) is 0 Å². The van der Waals surface area contributed by atoms with E-state index in [2.05, 4.69) is 4.99 Å². The number of rotatable bonds is 2. The summed E-state index contributed by atoms with van der Waals surface area (Å²) in [6.45, 7) is 0. The molecule has 0 aromatic rings. The Hall–Kier alpha value is -1.50. The van der Waals surface area contributed by atoms with Crippen LogP contribution in [-0.2, 0) is 14.6 Å². The van der Waals surface area contributed by atoms with Crippen LogP contribution in [0.3, 0.4) is 0 Å². The molecular formula is C7H8N2O4S. The van der Waals surface area contributed by atoms with E-state index in [1.165, 1.54) is 0 Å². The fourth-order valence-electron chi connectivity index (χ4n) is 1.10. The fraction of sp³-hybridized carbons (Fsp3) is 0.286. The third kappa shape index (κ3) is 1.87. The molecule has 0 radical (unpaired) electrons. The summed E-state index contributed by atoms with van der Waals surface area (Å²) < 4.78 is 22.4. The van der Waals surface area contributed by atoms with Gasteiger partial charge < -0.3 is 10.5 Å². The predicted octanol–water partition coefficient (Wildman–Crippen LogP) is -0.528. The number of hydrogen-bond donors (Lipinski definition) is 2. The zero-order valence-electron chi connectivity index (χ0n) is 7.26. The van der Waals surface area contributed by atoms with Crippen LogP contribution in [0.25, 0.3) is 0 Å². The SMILES string of the molecule is CS(=O)(=O)C1C(=N)C=CN=C1C(=O)O. The van der Waals surface area contributed by atoms with E-state index in [4.69, 9.17) is 10.5 Å². The Bertz CT molecular complexity index is 446. The normalized spacial score (nSPS) is 21.9. The van der Waals surface area contributed by atoms with E-state index >= 15 is 0 Å². The van der Waals surface area contributed by atoms with Gasteiger partial charge in [-0.1, -0.05) is 0 Å². The molecule has 1 aliphatic rings. The number of hydrogen-bond acceptors (Lipinski definition) is 5. The lowest BCUT2D eigenvalue weighted by Crippen LogP contribution is -2.41. The van der Waals surface area contributed by atoms with Crippen molar-refractivity contribution in [3.05, 3.63) is 12.3 Å². The van der Waals surface area contributed by atoms with Crippen molar-refractivity contribution >= 4 is 27.2 Å². The molecule has 0 amide bonds. The molecule has 0 saturated carbocycles. The molecular weight excluding hydrogens is 208 g/mol. The zero-order valence-corrected chi connectivity index (χ0v) is 8.08. The quantitative estimate of drug-likeness (QED) is 0.646. The average molecular weight is 216 g/mol. The van der Waals surface area contributed by atoms with Gasteiger partial charge in [0.15, 0.2) is 15.1 Å². The summed E-state index contributed by atoms with van der Waals surface area (Å²) in [5.74, 6) is -1.42. The standard InChI is InChI=1S/C7H8N2O4S/c1-14(12,13)6-4(8)2-3-9-5(6)7(10)11/h2-3,6,8H,1H3,(H,10,11). The minimum Gasteiger partial charge on any atom is -0.477 e. The summed E-state index contributed by atoms with van der Waals surface area (Å²) in [7, 11) is -3.66. The number of allylic oxidation sites excluding steroid dienone is 1. The second-order valence-corrected chi connectivity index (χ2v) is 4.93. The van der Waals surface area contributed by atoms with Crippen LogP contribution in [0.5, 0.6) is 0 Å². The van der Waals surface area contributed by atoms with Crippen LogP contribution in [0.15, 0.2) is 17.3 Å². The lowest BCUT2D eigenvalue weighted by molar-refractivity contribution is -0.129. The number of aliphatic carboxylic acids is 1. The lowest BCUT2D eigenvalue weighted by Gasteiger charge is -2.15. The minimum absolute atomic E-state index is 0.278. The van der Waals surface area contributed by atoms with Gasteiger partial charge >= 0.3 is 5.97 Å². The molecule has 6 nitrogen and oxygen atoms in total. The second kappa shape index (κ2) is 3.33. The molecule has 1 heterocycles. The molecule has 7 heteroatoms. The van der Waals surface area contributed by atoms with E-state index < -0.39 is 26.8 Å². The molecule has 1 aliphatic heterocycles. The van der Waals surface area contributed by atoms with Gasteiger partial charge in [-0.25, -0.2) is 13.2 Å². The van der Waals surface area contributed by atoms with Crippen molar-refractivity contribution in [3.63, 3.8) is 0 Å². The highest BCUT2D eigenvalue weighted by Gasteiger charge is 2.35. The first-order chi connectivity index (χ1) is 6.34. The number of carboxylic acids is 1. The summed E-state index contributed by atoms with van der Waals surface area (Å²) in [5.41, 5.74) is -0.806. The van der Waals surface area contributed by atoms with Crippen LogP contribution in [0.4, 0.5) is 0 Å². The fourth-order valence-corrected chi connectivity index (χ4v) is 2.21. The van der Waals surface area contributed by atoms with E-state index in [-0.39, 0.29) is 5.71 Å². The van der Waals surface area contributed by atoms with Gasteiger partial charge in [-0.2, -0.15) is 0 Å². The maximum absolute atomic E-state index is 11.2. The third-order valence-corrected chi connectivity index (χ3v) is 2.98. The molecule has 76 valence electrons. The molecule has 14 heavy (non-hydrogen) atoms. The molecule has 0 spiro atoms. The van der Waals surface area contributed by atoms with Gasteiger partial charge in [-0.05, 0) is 6.08 Å². The Morgan fingerprint density at radius 3 is 2.57 bits per heavy atom. The number of carboxylic acid groups (broad SMARTS) is 1. The molecule has 0 aliphatic carbocycles. The highest BCUT2D eigenvalue weighted by atomic mass is 32.2. The number of aliphatic imine (C=N–C) groups is 1. The van der Waals surface area contributed by atoms with Gasteiger partial charge in [0.1, 0.15) is 5.71 Å². The van der Waals surface area contributed by atoms with Crippen LogP contribution in [0, 0.1) is 5.41 Å². The van der Waals surface area contributed by atoms with Crippen molar-refractivity contribution in [2.45, 2.75) is 5.25 Å². The van der Waals surface area contributed by atoms with E-state index in [0.29, 0.717) is 0 Å². The summed E-state index contributed by atoms with van der Waals surface area (Å²) >= 11 is 0. The molecule has 2 N–H and O–H groups in total. The van der Waals surface area contributed by atoms with Crippen molar-refractivity contribution < 1.29 is 18.3 Å². The molecule has 0 fully saturated rings. The maximum atomic E-state index is 11.2. The van der Waals surface area contributed by atoms with Gasteiger partial charge in [0.05, 0.1) is 5.71 Å². The number of nitrogens with zero attached hydrogens (tertiary/aromatic N) is 1. The van der Waals surface area contributed by atoms with Crippen LogP contribution < -0.4 is 0 Å². The summed E-state index contributed by atoms with van der Waals surface area (Å²) in [6.07, 6.45) is 3.15. The Morgan fingerprint density at radius 2 is 2.21 bits per heavy atom. The monoisotopic (exact) mass is 216 g/mol. The molecule has 0 aromatic carbocycles. The van der Waals surface area contributed by atoms with Crippen LogP contribution >= 0.6 is 0 Å². The Morgan fingerprint density at radius 1 is 1.64 bits per heavy atom. The molecule has 1 rings (SSSR count). The summed E-state index contributed by atoms with van der Waals surface area (Å²) in [6, 6.07) is 0. The van der Waals surface area contributed by atoms with Crippen molar-refractivity contribution in [2.24, 2.45) is 4.99 Å². The largest absolute Gasteiger partial charge is 0.477 e. The molecule has 0 saturated heterocycles. The summed E-state index contributed by atoms with van der Waals surface area (Å²) in [4.78, 5) is 14.1. The Labute approximate surface area is 80.4 Å². The van der Waals surface area contributed by atoms with Gasteiger partial charge in [-0.15, -0.1) is 0 Å². The van der Waals surface area contributed by atoms with Crippen LogP contribution in [0.1, 0.15) is 0 Å². The van der Waals surface area contributed by atoms with Crippen molar-refractivity contribution in [3.8, 4) is 0 Å².